The van der Waals surface area contributed by atoms with Gasteiger partial charge in [0, 0.05) is 23.4 Å². The van der Waals surface area contributed by atoms with Crippen molar-refractivity contribution in [1.29, 1.82) is 0 Å². The molecule has 3 aromatic rings. The van der Waals surface area contributed by atoms with Crippen LogP contribution in [0, 0.1) is 18.7 Å². The van der Waals surface area contributed by atoms with Gasteiger partial charge in [0.15, 0.2) is 9.84 Å². The molecule has 0 saturated carbocycles. The van der Waals surface area contributed by atoms with Crippen LogP contribution in [0.15, 0.2) is 46.0 Å². The van der Waals surface area contributed by atoms with Gasteiger partial charge in [-0.3, -0.25) is 4.98 Å². The van der Waals surface area contributed by atoms with Crippen molar-refractivity contribution in [2.75, 3.05) is 11.6 Å². The first-order chi connectivity index (χ1) is 13.6. The second-order valence-electron chi connectivity index (χ2n) is 7.23. The molecule has 0 saturated heterocycles. The first kappa shape index (κ1) is 20.8. The van der Waals surface area contributed by atoms with Gasteiger partial charge in [-0.25, -0.2) is 17.6 Å². The van der Waals surface area contributed by atoms with E-state index in [9.17, 15) is 17.6 Å². The Morgan fingerprint density at radius 2 is 1.93 bits per heavy atom. The van der Waals surface area contributed by atoms with E-state index in [0.717, 1.165) is 11.8 Å². The van der Waals surface area contributed by atoms with Crippen LogP contribution in [0.25, 0.3) is 11.0 Å². The number of rotatable bonds is 5. The maximum Gasteiger partial charge on any atom is 0.319 e. The van der Waals surface area contributed by atoms with E-state index in [0.29, 0.717) is 16.7 Å². The lowest BCUT2D eigenvalue weighted by Gasteiger charge is -2.21. The van der Waals surface area contributed by atoms with Crippen molar-refractivity contribution in [2.24, 2.45) is 5.92 Å². The summed E-state index contributed by atoms with van der Waals surface area (Å²) in [5, 5.41) is 6.09. The third-order valence-corrected chi connectivity index (χ3v) is 5.65. The van der Waals surface area contributed by atoms with Crippen molar-refractivity contribution in [1.82, 2.24) is 10.3 Å². The molecular weight excluding hydrogens is 397 g/mol. The van der Waals surface area contributed by atoms with Gasteiger partial charge in [-0.15, -0.1) is 0 Å². The Morgan fingerprint density at radius 1 is 1.21 bits per heavy atom. The number of sulfone groups is 1. The number of urea groups is 1. The number of nitrogens with zero attached hydrogens (tertiary/aromatic N) is 1. The molecule has 29 heavy (non-hydrogen) atoms. The van der Waals surface area contributed by atoms with E-state index >= 15 is 0 Å². The number of aromatic nitrogens is 1. The van der Waals surface area contributed by atoms with Crippen LogP contribution in [0.3, 0.4) is 0 Å². The van der Waals surface area contributed by atoms with Gasteiger partial charge in [-0.1, -0.05) is 13.8 Å². The Bertz CT molecular complexity index is 1170. The number of aryl methyl sites for hydroxylation is 1. The third-order valence-electron chi connectivity index (χ3n) is 4.57. The average molecular weight is 419 g/mol. The molecule has 1 aromatic carbocycles. The SMILES string of the molecule is Cc1c(C(NC(=O)Nc2cncc(S(C)(=O)=O)c2)C(C)C)oc2ccc(F)cc12. The molecule has 0 radical (unpaired) electrons. The minimum absolute atomic E-state index is 0.00543. The number of benzene rings is 1. The van der Waals surface area contributed by atoms with Gasteiger partial charge < -0.3 is 15.1 Å². The van der Waals surface area contributed by atoms with Gasteiger partial charge in [-0.2, -0.15) is 0 Å². The number of anilines is 1. The van der Waals surface area contributed by atoms with Crippen molar-refractivity contribution in [3.05, 3.63) is 53.8 Å². The van der Waals surface area contributed by atoms with Crippen LogP contribution in [-0.2, 0) is 9.84 Å². The zero-order valence-electron chi connectivity index (χ0n) is 16.5. The smallest absolute Gasteiger partial charge is 0.319 e. The van der Waals surface area contributed by atoms with Gasteiger partial charge >= 0.3 is 6.03 Å². The standard InChI is InChI=1S/C20H22FN3O4S/c1-11(2)18(19-12(3)16-7-13(21)5-6-17(16)28-19)24-20(25)23-14-8-15(10-22-9-14)29(4,26)27/h5-11,18H,1-4H3,(H2,23,24,25). The van der Waals surface area contributed by atoms with E-state index in [4.69, 9.17) is 4.42 Å². The minimum Gasteiger partial charge on any atom is -0.459 e. The summed E-state index contributed by atoms with van der Waals surface area (Å²) in [7, 11) is -3.44. The zero-order valence-corrected chi connectivity index (χ0v) is 17.3. The van der Waals surface area contributed by atoms with Crippen LogP contribution in [0.1, 0.15) is 31.2 Å². The summed E-state index contributed by atoms with van der Waals surface area (Å²) in [6.45, 7) is 5.66. The molecule has 1 unspecified atom stereocenters. The Morgan fingerprint density at radius 3 is 2.59 bits per heavy atom. The zero-order chi connectivity index (χ0) is 21.3. The lowest BCUT2D eigenvalue weighted by atomic mass is 9.98. The molecule has 0 spiro atoms. The van der Waals surface area contributed by atoms with Crippen LogP contribution < -0.4 is 10.6 Å². The number of nitrogens with one attached hydrogen (secondary N) is 2. The van der Waals surface area contributed by atoms with E-state index < -0.39 is 21.9 Å². The third kappa shape index (κ3) is 4.56. The van der Waals surface area contributed by atoms with Gasteiger partial charge in [0.1, 0.15) is 17.2 Å². The lowest BCUT2D eigenvalue weighted by molar-refractivity contribution is 0.241. The first-order valence-corrected chi connectivity index (χ1v) is 10.9. The van der Waals surface area contributed by atoms with Crippen LogP contribution >= 0.6 is 0 Å². The quantitative estimate of drug-likeness (QED) is 0.645. The summed E-state index contributed by atoms with van der Waals surface area (Å²) < 4.78 is 42.8. The largest absolute Gasteiger partial charge is 0.459 e. The molecule has 0 fully saturated rings. The number of furan rings is 1. The summed E-state index contributed by atoms with van der Waals surface area (Å²) in [6.07, 6.45) is 3.63. The predicted molar refractivity (Wildman–Crippen MR) is 108 cm³/mol. The lowest BCUT2D eigenvalue weighted by Crippen LogP contribution is -2.35. The fourth-order valence-electron chi connectivity index (χ4n) is 3.04. The van der Waals surface area contributed by atoms with Crippen molar-refractivity contribution in [3.8, 4) is 0 Å². The normalized spacial score (nSPS) is 12.9. The molecule has 0 aliphatic rings. The van der Waals surface area contributed by atoms with Gasteiger partial charge in [-0.05, 0) is 37.1 Å². The second-order valence-corrected chi connectivity index (χ2v) is 9.25. The molecule has 0 bridgehead atoms. The van der Waals surface area contributed by atoms with E-state index in [1.54, 1.807) is 6.07 Å². The molecule has 9 heteroatoms. The highest BCUT2D eigenvalue weighted by Gasteiger charge is 2.25. The number of carbonyl (C=O) groups excluding carboxylic acids is 1. The highest BCUT2D eigenvalue weighted by molar-refractivity contribution is 7.90. The summed E-state index contributed by atoms with van der Waals surface area (Å²) >= 11 is 0. The summed E-state index contributed by atoms with van der Waals surface area (Å²) in [5.41, 5.74) is 1.53. The van der Waals surface area contributed by atoms with Gasteiger partial charge in [0.05, 0.1) is 22.8 Å². The van der Waals surface area contributed by atoms with Crippen molar-refractivity contribution in [3.63, 3.8) is 0 Å². The number of fused-ring (bicyclic) bond motifs is 1. The molecule has 2 heterocycles. The second kappa shape index (κ2) is 7.82. The Balaban J connectivity index is 1.85. The number of carbonyl (C=O) groups is 1. The van der Waals surface area contributed by atoms with Crippen LogP contribution in [0.5, 0.6) is 0 Å². The molecule has 2 amide bonds. The molecule has 154 valence electrons. The monoisotopic (exact) mass is 419 g/mol. The highest BCUT2D eigenvalue weighted by atomic mass is 32.2. The molecule has 0 aliphatic heterocycles. The van der Waals surface area contributed by atoms with E-state index in [1.807, 2.05) is 20.8 Å². The summed E-state index contributed by atoms with van der Waals surface area (Å²) in [5.74, 6) is 0.155. The van der Waals surface area contributed by atoms with Crippen LogP contribution in [0.4, 0.5) is 14.9 Å². The fourth-order valence-corrected chi connectivity index (χ4v) is 3.64. The molecule has 1 atom stereocenters. The minimum atomic E-state index is -3.44. The molecular formula is C20H22FN3O4S. The number of pyridine rings is 1. The first-order valence-electron chi connectivity index (χ1n) is 8.97. The predicted octanol–water partition coefficient (Wildman–Crippen LogP) is 4.20. The Labute approximate surface area is 168 Å². The van der Waals surface area contributed by atoms with Crippen molar-refractivity contribution in [2.45, 2.75) is 31.7 Å². The average Bonchev–Trinajstić information content (AvgIpc) is 2.95. The van der Waals surface area contributed by atoms with Crippen molar-refractivity contribution >= 4 is 32.5 Å². The van der Waals surface area contributed by atoms with E-state index in [-0.39, 0.29) is 22.3 Å². The molecule has 3 rings (SSSR count). The van der Waals surface area contributed by atoms with Gasteiger partial charge in [0.25, 0.3) is 0 Å². The maximum atomic E-state index is 13.6. The topological polar surface area (TPSA) is 101 Å². The summed E-state index contributed by atoms with van der Waals surface area (Å²) in [6, 6.07) is 4.60. The number of amides is 2. The molecule has 0 aliphatic carbocycles. The Kier molecular flexibility index (Phi) is 5.61. The number of hydrogen-bond donors (Lipinski definition) is 2. The maximum absolute atomic E-state index is 13.6. The highest BCUT2D eigenvalue weighted by Crippen LogP contribution is 2.33. The summed E-state index contributed by atoms with van der Waals surface area (Å²) in [4.78, 5) is 16.4. The molecule has 7 nitrogen and oxygen atoms in total. The van der Waals surface area contributed by atoms with Crippen molar-refractivity contribution < 1.29 is 22.0 Å². The Hall–Kier alpha value is -2.94. The molecule has 2 aromatic heterocycles. The van der Waals surface area contributed by atoms with E-state index in [1.165, 1.54) is 30.6 Å². The van der Waals surface area contributed by atoms with E-state index in [2.05, 4.69) is 15.6 Å². The van der Waals surface area contributed by atoms with Crippen LogP contribution in [0.2, 0.25) is 0 Å². The van der Waals surface area contributed by atoms with Gasteiger partial charge in [0.2, 0.25) is 0 Å². The van der Waals surface area contributed by atoms with Crippen LogP contribution in [-0.4, -0.2) is 25.7 Å². The number of hydrogen-bond acceptors (Lipinski definition) is 5. The fraction of sp³-hybridized carbons (Fsp3) is 0.300. The number of halogens is 1. The molecule has 2 N–H and O–H groups in total.